The van der Waals surface area contributed by atoms with E-state index in [0.717, 1.165) is 11.6 Å². The van der Waals surface area contributed by atoms with Gasteiger partial charge in [-0.2, -0.15) is 0 Å². The third kappa shape index (κ3) is 4.04. The average molecular weight is 374 g/mol. The molecule has 0 aliphatic heterocycles. The number of nitro groups is 1. The number of anilines is 3. The molecule has 0 fully saturated rings. The van der Waals surface area contributed by atoms with Crippen molar-refractivity contribution in [3.63, 3.8) is 0 Å². The third-order valence-electron chi connectivity index (χ3n) is 3.49. The molecule has 7 nitrogen and oxygen atoms in total. The molecule has 2 aromatic carbocycles. The lowest BCUT2D eigenvalue weighted by atomic mass is 10.2. The van der Waals surface area contributed by atoms with Gasteiger partial charge in [0.2, 0.25) is 11.6 Å². The molecule has 0 unspecified atom stereocenters. The van der Waals surface area contributed by atoms with Gasteiger partial charge in [-0.15, -0.1) is 0 Å². The van der Waals surface area contributed by atoms with Crippen molar-refractivity contribution in [2.45, 2.75) is 6.54 Å². The molecule has 26 heavy (non-hydrogen) atoms. The Labute approximate surface area is 153 Å². The lowest BCUT2D eigenvalue weighted by Crippen LogP contribution is -2.08. The minimum Gasteiger partial charge on any atom is -0.360 e. The molecule has 3 rings (SSSR count). The van der Waals surface area contributed by atoms with Crippen LogP contribution in [-0.4, -0.2) is 14.9 Å². The molecule has 0 aliphatic carbocycles. The van der Waals surface area contributed by atoms with Crippen LogP contribution in [-0.2, 0) is 6.54 Å². The summed E-state index contributed by atoms with van der Waals surface area (Å²) < 4.78 is 13.3. The first-order valence-electron chi connectivity index (χ1n) is 7.54. The topological polar surface area (TPSA) is 93.0 Å². The zero-order valence-corrected chi connectivity index (χ0v) is 14.1. The highest BCUT2D eigenvalue weighted by Gasteiger charge is 2.23. The molecule has 0 atom stereocenters. The maximum Gasteiger partial charge on any atom is 0.353 e. The molecule has 2 N–H and O–H groups in total. The number of hydrogen-bond donors (Lipinski definition) is 2. The number of hydrogen-bond acceptors (Lipinski definition) is 6. The third-order valence-corrected chi connectivity index (χ3v) is 3.78. The van der Waals surface area contributed by atoms with Gasteiger partial charge >= 0.3 is 5.69 Å². The molecule has 0 saturated heterocycles. The summed E-state index contributed by atoms with van der Waals surface area (Å²) in [5.74, 6) is -0.535. The Hall–Kier alpha value is -3.26. The van der Waals surface area contributed by atoms with E-state index in [2.05, 4.69) is 20.6 Å². The van der Waals surface area contributed by atoms with E-state index < -0.39 is 10.7 Å². The van der Waals surface area contributed by atoms with Crippen molar-refractivity contribution in [1.29, 1.82) is 0 Å². The molecule has 0 radical (unpaired) electrons. The Morgan fingerprint density at radius 3 is 2.54 bits per heavy atom. The van der Waals surface area contributed by atoms with E-state index in [-0.39, 0.29) is 22.3 Å². The quantitative estimate of drug-likeness (QED) is 0.487. The van der Waals surface area contributed by atoms with Crippen molar-refractivity contribution in [2.24, 2.45) is 0 Å². The van der Waals surface area contributed by atoms with E-state index >= 15 is 0 Å². The Bertz CT molecular complexity index is 940. The minimum absolute atomic E-state index is 0.0248. The van der Waals surface area contributed by atoms with Crippen molar-refractivity contribution in [3.05, 3.63) is 81.4 Å². The summed E-state index contributed by atoms with van der Waals surface area (Å²) in [4.78, 5) is 18.8. The van der Waals surface area contributed by atoms with Crippen molar-refractivity contribution in [2.75, 3.05) is 10.6 Å². The Morgan fingerprint density at radius 1 is 1.12 bits per heavy atom. The Balaban J connectivity index is 1.88. The van der Waals surface area contributed by atoms with Gasteiger partial charge in [-0.1, -0.05) is 41.9 Å². The molecule has 0 saturated carbocycles. The van der Waals surface area contributed by atoms with Crippen LogP contribution < -0.4 is 10.6 Å². The van der Waals surface area contributed by atoms with Crippen LogP contribution in [0.4, 0.5) is 27.4 Å². The SMILES string of the molecule is O=[N+]([O-])c1c(NCc2ccccc2)ncnc1Nc1ccc(F)c(Cl)c1. The molecule has 1 heterocycles. The van der Waals surface area contributed by atoms with E-state index in [4.69, 9.17) is 11.6 Å². The summed E-state index contributed by atoms with van der Waals surface area (Å²) in [6.45, 7) is 0.362. The highest BCUT2D eigenvalue weighted by atomic mass is 35.5. The van der Waals surface area contributed by atoms with Gasteiger partial charge in [-0.3, -0.25) is 10.1 Å². The molecule has 3 aromatic rings. The first kappa shape index (κ1) is 17.6. The highest BCUT2D eigenvalue weighted by Crippen LogP contribution is 2.32. The van der Waals surface area contributed by atoms with Gasteiger partial charge in [0.05, 0.1) is 9.95 Å². The smallest absolute Gasteiger partial charge is 0.353 e. The maximum atomic E-state index is 13.3. The van der Waals surface area contributed by atoms with Crippen LogP contribution in [0.5, 0.6) is 0 Å². The number of aromatic nitrogens is 2. The van der Waals surface area contributed by atoms with Crippen LogP contribution in [0.15, 0.2) is 54.9 Å². The molecule has 0 bridgehead atoms. The van der Waals surface area contributed by atoms with E-state index in [9.17, 15) is 14.5 Å². The standard InChI is InChI=1S/C17H13ClFN5O2/c18-13-8-12(6-7-14(13)19)23-17-15(24(25)26)16(21-10-22-17)20-9-11-4-2-1-3-5-11/h1-8,10H,9H2,(H2,20,21,22,23). The minimum atomic E-state index is -0.584. The van der Waals surface area contributed by atoms with Crippen LogP contribution in [0.25, 0.3) is 0 Å². The highest BCUT2D eigenvalue weighted by molar-refractivity contribution is 6.31. The van der Waals surface area contributed by atoms with Gasteiger partial charge in [-0.25, -0.2) is 14.4 Å². The molecule has 0 spiro atoms. The summed E-state index contributed by atoms with van der Waals surface area (Å²) >= 11 is 5.74. The van der Waals surface area contributed by atoms with Gasteiger partial charge in [0.15, 0.2) is 0 Å². The largest absolute Gasteiger partial charge is 0.360 e. The molecular weight excluding hydrogens is 361 g/mol. The first-order valence-corrected chi connectivity index (χ1v) is 7.91. The van der Waals surface area contributed by atoms with Gasteiger partial charge in [0, 0.05) is 12.2 Å². The second-order valence-corrected chi connectivity index (χ2v) is 5.68. The van der Waals surface area contributed by atoms with Crippen molar-refractivity contribution in [1.82, 2.24) is 9.97 Å². The Kier molecular flexibility index (Phi) is 5.23. The van der Waals surface area contributed by atoms with Crippen LogP contribution in [0.1, 0.15) is 5.56 Å². The second kappa shape index (κ2) is 7.75. The summed E-state index contributed by atoms with van der Waals surface area (Å²) in [5.41, 5.74) is 0.997. The lowest BCUT2D eigenvalue weighted by molar-refractivity contribution is -0.383. The van der Waals surface area contributed by atoms with E-state index in [0.29, 0.717) is 12.2 Å². The predicted octanol–water partition coefficient (Wildman–Crippen LogP) is 4.53. The van der Waals surface area contributed by atoms with Crippen molar-refractivity contribution < 1.29 is 9.31 Å². The number of benzene rings is 2. The summed E-state index contributed by atoms with van der Waals surface area (Å²) in [6.07, 6.45) is 1.20. The zero-order chi connectivity index (χ0) is 18.5. The summed E-state index contributed by atoms with van der Waals surface area (Å²) in [6, 6.07) is 13.3. The van der Waals surface area contributed by atoms with Gasteiger partial charge in [0.25, 0.3) is 0 Å². The summed E-state index contributed by atoms with van der Waals surface area (Å²) in [5, 5.41) is 17.1. The fourth-order valence-corrected chi connectivity index (χ4v) is 2.45. The van der Waals surface area contributed by atoms with Crippen LogP contribution in [0.2, 0.25) is 5.02 Å². The fraction of sp³-hybridized carbons (Fsp3) is 0.0588. The number of nitrogens with zero attached hydrogens (tertiary/aromatic N) is 3. The fourth-order valence-electron chi connectivity index (χ4n) is 2.26. The van der Waals surface area contributed by atoms with Crippen molar-refractivity contribution >= 4 is 34.6 Å². The molecule has 132 valence electrons. The molecule has 0 amide bonds. The maximum absolute atomic E-state index is 13.3. The molecule has 1 aromatic heterocycles. The molecular formula is C17H13ClFN5O2. The number of halogens is 2. The first-order chi connectivity index (χ1) is 12.5. The summed E-state index contributed by atoms with van der Waals surface area (Å²) in [7, 11) is 0. The second-order valence-electron chi connectivity index (χ2n) is 5.27. The van der Waals surface area contributed by atoms with Crippen LogP contribution >= 0.6 is 11.6 Å². The Morgan fingerprint density at radius 2 is 1.85 bits per heavy atom. The van der Waals surface area contributed by atoms with Crippen molar-refractivity contribution in [3.8, 4) is 0 Å². The van der Waals surface area contributed by atoms with Gasteiger partial charge < -0.3 is 10.6 Å². The van der Waals surface area contributed by atoms with E-state index in [1.165, 1.54) is 18.5 Å². The molecule has 9 heteroatoms. The molecule has 0 aliphatic rings. The lowest BCUT2D eigenvalue weighted by Gasteiger charge is -2.10. The normalized spacial score (nSPS) is 10.4. The number of nitrogens with one attached hydrogen (secondary N) is 2. The van der Waals surface area contributed by atoms with E-state index in [1.807, 2.05) is 30.3 Å². The average Bonchev–Trinajstić information content (AvgIpc) is 2.64. The number of rotatable bonds is 6. The van der Waals surface area contributed by atoms with Crippen LogP contribution in [0, 0.1) is 15.9 Å². The van der Waals surface area contributed by atoms with Crippen LogP contribution in [0.3, 0.4) is 0 Å². The van der Waals surface area contributed by atoms with Gasteiger partial charge in [-0.05, 0) is 23.8 Å². The van der Waals surface area contributed by atoms with E-state index in [1.54, 1.807) is 0 Å². The zero-order valence-electron chi connectivity index (χ0n) is 13.3. The predicted molar refractivity (Wildman–Crippen MR) is 97.1 cm³/mol. The monoisotopic (exact) mass is 373 g/mol. The van der Waals surface area contributed by atoms with Gasteiger partial charge in [0.1, 0.15) is 12.1 Å².